The molecule has 0 saturated carbocycles. The van der Waals surface area contributed by atoms with Gasteiger partial charge in [0.05, 0.1) is 5.02 Å². The Labute approximate surface area is 109 Å². The molecule has 0 aliphatic rings. The zero-order valence-corrected chi connectivity index (χ0v) is 12.0. The van der Waals surface area contributed by atoms with Crippen molar-refractivity contribution in [3.05, 3.63) is 28.8 Å². The van der Waals surface area contributed by atoms with Crippen molar-refractivity contribution in [3.8, 4) is 5.75 Å². The third kappa shape index (κ3) is 3.90. The standard InChI is InChI=1S/C14H22ClNO/c1-9-6-7-12(11(15)8-9)17-13(10(2)16)14(3,4)5/h6-8,10,13H,16H2,1-5H3. The van der Waals surface area contributed by atoms with Crippen LogP contribution in [0.5, 0.6) is 5.75 Å². The van der Waals surface area contributed by atoms with E-state index in [2.05, 4.69) is 20.8 Å². The second-order valence-electron chi connectivity index (χ2n) is 5.70. The molecular formula is C14H22ClNO. The van der Waals surface area contributed by atoms with E-state index in [1.165, 1.54) is 0 Å². The van der Waals surface area contributed by atoms with Crippen molar-refractivity contribution in [1.82, 2.24) is 0 Å². The normalized spacial score (nSPS) is 15.5. The maximum Gasteiger partial charge on any atom is 0.138 e. The van der Waals surface area contributed by atoms with Crippen LogP contribution in [-0.2, 0) is 0 Å². The number of benzene rings is 1. The van der Waals surface area contributed by atoms with Crippen molar-refractivity contribution in [2.75, 3.05) is 0 Å². The first-order valence-corrected chi connectivity index (χ1v) is 6.28. The van der Waals surface area contributed by atoms with Crippen LogP contribution < -0.4 is 10.5 Å². The van der Waals surface area contributed by atoms with Crippen molar-refractivity contribution >= 4 is 11.6 Å². The molecular weight excluding hydrogens is 234 g/mol. The molecule has 0 saturated heterocycles. The van der Waals surface area contributed by atoms with Gasteiger partial charge in [-0.25, -0.2) is 0 Å². The highest BCUT2D eigenvalue weighted by atomic mass is 35.5. The summed E-state index contributed by atoms with van der Waals surface area (Å²) < 4.78 is 5.97. The third-order valence-corrected chi connectivity index (χ3v) is 2.97. The van der Waals surface area contributed by atoms with Crippen molar-refractivity contribution in [2.45, 2.75) is 46.8 Å². The lowest BCUT2D eigenvalue weighted by atomic mass is 9.85. The minimum atomic E-state index is -0.0669. The van der Waals surface area contributed by atoms with Gasteiger partial charge in [-0.1, -0.05) is 38.4 Å². The molecule has 2 unspecified atom stereocenters. The predicted molar refractivity (Wildman–Crippen MR) is 73.7 cm³/mol. The summed E-state index contributed by atoms with van der Waals surface area (Å²) in [7, 11) is 0. The Balaban J connectivity index is 2.94. The minimum Gasteiger partial charge on any atom is -0.487 e. The Morgan fingerprint density at radius 2 is 1.88 bits per heavy atom. The number of rotatable bonds is 3. The molecule has 0 heterocycles. The van der Waals surface area contributed by atoms with E-state index in [0.717, 1.165) is 5.56 Å². The van der Waals surface area contributed by atoms with Crippen LogP contribution in [0.2, 0.25) is 5.02 Å². The summed E-state index contributed by atoms with van der Waals surface area (Å²) in [5.41, 5.74) is 7.08. The van der Waals surface area contributed by atoms with E-state index in [1.807, 2.05) is 32.0 Å². The maximum atomic E-state index is 6.16. The van der Waals surface area contributed by atoms with E-state index in [1.54, 1.807) is 0 Å². The van der Waals surface area contributed by atoms with E-state index >= 15 is 0 Å². The lowest BCUT2D eigenvalue weighted by Gasteiger charge is -2.34. The van der Waals surface area contributed by atoms with Gasteiger partial charge < -0.3 is 10.5 Å². The Kier molecular flexibility index (Phi) is 4.45. The largest absolute Gasteiger partial charge is 0.487 e. The first kappa shape index (κ1) is 14.3. The van der Waals surface area contributed by atoms with Gasteiger partial charge in [0.15, 0.2) is 0 Å². The number of nitrogens with two attached hydrogens (primary N) is 1. The zero-order chi connectivity index (χ0) is 13.2. The number of ether oxygens (including phenoxy) is 1. The van der Waals surface area contributed by atoms with Gasteiger partial charge in [0.1, 0.15) is 11.9 Å². The third-order valence-electron chi connectivity index (χ3n) is 2.67. The second kappa shape index (κ2) is 5.28. The molecule has 2 atom stereocenters. The second-order valence-corrected chi connectivity index (χ2v) is 6.10. The van der Waals surface area contributed by atoms with Crippen molar-refractivity contribution < 1.29 is 4.74 Å². The topological polar surface area (TPSA) is 35.2 Å². The first-order valence-electron chi connectivity index (χ1n) is 5.90. The average Bonchev–Trinajstić information content (AvgIpc) is 2.13. The molecule has 0 bridgehead atoms. The van der Waals surface area contributed by atoms with Gasteiger partial charge >= 0.3 is 0 Å². The zero-order valence-electron chi connectivity index (χ0n) is 11.3. The fourth-order valence-corrected chi connectivity index (χ4v) is 2.19. The van der Waals surface area contributed by atoms with Crippen LogP contribution in [0.15, 0.2) is 18.2 Å². The molecule has 1 aromatic rings. The summed E-state index contributed by atoms with van der Waals surface area (Å²) in [4.78, 5) is 0. The summed E-state index contributed by atoms with van der Waals surface area (Å²) >= 11 is 6.16. The van der Waals surface area contributed by atoms with Gasteiger partial charge in [-0.15, -0.1) is 0 Å². The van der Waals surface area contributed by atoms with Crippen LogP contribution in [0, 0.1) is 12.3 Å². The van der Waals surface area contributed by atoms with Gasteiger partial charge in [-0.05, 0) is 31.5 Å². The predicted octanol–water partition coefficient (Wildman–Crippen LogP) is 3.79. The van der Waals surface area contributed by atoms with E-state index in [0.29, 0.717) is 10.8 Å². The quantitative estimate of drug-likeness (QED) is 0.892. The molecule has 3 heteroatoms. The van der Waals surface area contributed by atoms with Crippen LogP contribution in [0.4, 0.5) is 0 Å². The molecule has 0 spiro atoms. The van der Waals surface area contributed by atoms with Gasteiger partial charge in [-0.2, -0.15) is 0 Å². The first-order chi connectivity index (χ1) is 7.71. The summed E-state index contributed by atoms with van der Waals surface area (Å²) in [6.45, 7) is 10.3. The Hall–Kier alpha value is -0.730. The summed E-state index contributed by atoms with van der Waals surface area (Å²) in [6, 6.07) is 5.74. The number of aryl methyl sites for hydroxylation is 1. The van der Waals surface area contributed by atoms with Gasteiger partial charge in [0, 0.05) is 11.5 Å². The van der Waals surface area contributed by atoms with Crippen LogP contribution in [-0.4, -0.2) is 12.1 Å². The van der Waals surface area contributed by atoms with Gasteiger partial charge in [0.25, 0.3) is 0 Å². The SMILES string of the molecule is Cc1ccc(OC(C(C)N)C(C)(C)C)c(Cl)c1. The molecule has 2 nitrogen and oxygen atoms in total. The molecule has 0 fully saturated rings. The molecule has 2 N–H and O–H groups in total. The Morgan fingerprint density at radius 1 is 1.29 bits per heavy atom. The Bertz CT molecular complexity index is 382. The van der Waals surface area contributed by atoms with E-state index < -0.39 is 0 Å². The van der Waals surface area contributed by atoms with Gasteiger partial charge in [-0.3, -0.25) is 0 Å². The number of halogens is 1. The lowest BCUT2D eigenvalue weighted by Crippen LogP contribution is -2.45. The monoisotopic (exact) mass is 255 g/mol. The van der Waals surface area contributed by atoms with Crippen LogP contribution in [0.3, 0.4) is 0 Å². The highest BCUT2D eigenvalue weighted by Gasteiger charge is 2.30. The fraction of sp³-hybridized carbons (Fsp3) is 0.571. The van der Waals surface area contributed by atoms with Crippen LogP contribution in [0.1, 0.15) is 33.3 Å². The molecule has 0 radical (unpaired) electrons. The molecule has 17 heavy (non-hydrogen) atoms. The molecule has 0 amide bonds. The summed E-state index contributed by atoms with van der Waals surface area (Å²) in [5.74, 6) is 0.703. The smallest absolute Gasteiger partial charge is 0.138 e. The van der Waals surface area contributed by atoms with Gasteiger partial charge in [0.2, 0.25) is 0 Å². The lowest BCUT2D eigenvalue weighted by molar-refractivity contribution is 0.0685. The Morgan fingerprint density at radius 3 is 2.29 bits per heavy atom. The summed E-state index contributed by atoms with van der Waals surface area (Å²) in [5, 5.41) is 0.639. The van der Waals surface area contributed by atoms with Crippen molar-refractivity contribution in [3.63, 3.8) is 0 Å². The summed E-state index contributed by atoms with van der Waals surface area (Å²) in [6.07, 6.45) is -0.0669. The molecule has 96 valence electrons. The highest BCUT2D eigenvalue weighted by molar-refractivity contribution is 6.32. The molecule has 1 rings (SSSR count). The molecule has 1 aromatic carbocycles. The molecule has 0 aliphatic heterocycles. The van der Waals surface area contributed by atoms with Crippen molar-refractivity contribution in [2.24, 2.45) is 11.1 Å². The fourth-order valence-electron chi connectivity index (χ4n) is 1.91. The molecule has 0 aromatic heterocycles. The van der Waals surface area contributed by atoms with Crippen molar-refractivity contribution in [1.29, 1.82) is 0 Å². The van der Waals surface area contributed by atoms with E-state index in [-0.39, 0.29) is 17.6 Å². The number of hydrogen-bond acceptors (Lipinski definition) is 2. The van der Waals surface area contributed by atoms with E-state index in [9.17, 15) is 0 Å². The van der Waals surface area contributed by atoms with E-state index in [4.69, 9.17) is 22.1 Å². The highest BCUT2D eigenvalue weighted by Crippen LogP contribution is 2.31. The number of hydrogen-bond donors (Lipinski definition) is 1. The maximum absolute atomic E-state index is 6.16. The van der Waals surface area contributed by atoms with Crippen LogP contribution in [0.25, 0.3) is 0 Å². The van der Waals surface area contributed by atoms with Crippen LogP contribution >= 0.6 is 11.6 Å². The molecule has 0 aliphatic carbocycles. The minimum absolute atomic E-state index is 0.0254. The average molecular weight is 256 g/mol.